The van der Waals surface area contributed by atoms with E-state index in [0.717, 1.165) is 17.7 Å². The molecule has 9 nitrogen and oxygen atoms in total. The van der Waals surface area contributed by atoms with Crippen molar-refractivity contribution in [3.05, 3.63) is 64.1 Å². The van der Waals surface area contributed by atoms with Gasteiger partial charge < -0.3 is 29.6 Å². The van der Waals surface area contributed by atoms with Crippen molar-refractivity contribution in [2.24, 2.45) is 0 Å². The molecule has 2 N–H and O–H groups in total. The summed E-state index contributed by atoms with van der Waals surface area (Å²) in [6.45, 7) is -0.0910. The molecule has 0 saturated heterocycles. The van der Waals surface area contributed by atoms with Gasteiger partial charge in [0.15, 0.2) is 6.61 Å². The van der Waals surface area contributed by atoms with Crippen LogP contribution in [0.25, 0.3) is 0 Å². The zero-order valence-electron chi connectivity index (χ0n) is 19.2. The van der Waals surface area contributed by atoms with E-state index in [-0.39, 0.29) is 31.1 Å². The Morgan fingerprint density at radius 3 is 2.31 bits per heavy atom. The van der Waals surface area contributed by atoms with Crippen molar-refractivity contribution in [2.75, 3.05) is 20.8 Å². The van der Waals surface area contributed by atoms with E-state index in [0.29, 0.717) is 16.5 Å². The third-order valence-electron chi connectivity index (χ3n) is 4.58. The van der Waals surface area contributed by atoms with E-state index in [1.54, 1.807) is 30.7 Å². The molecule has 0 unspecified atom stereocenters. The summed E-state index contributed by atoms with van der Waals surface area (Å²) in [7, 11) is 3.07. The molecule has 1 heterocycles. The molecule has 0 fully saturated rings. The van der Waals surface area contributed by atoms with Gasteiger partial charge in [0.25, 0.3) is 11.8 Å². The van der Waals surface area contributed by atoms with Gasteiger partial charge in [-0.15, -0.1) is 24.5 Å². The fourth-order valence-corrected chi connectivity index (χ4v) is 3.61. The summed E-state index contributed by atoms with van der Waals surface area (Å²) < 4.78 is 56.1. The van der Waals surface area contributed by atoms with E-state index in [9.17, 15) is 22.8 Å². The van der Waals surface area contributed by atoms with Gasteiger partial charge in [0.2, 0.25) is 0 Å². The van der Waals surface area contributed by atoms with Crippen LogP contribution in [-0.4, -0.2) is 44.0 Å². The molecule has 0 saturated carbocycles. The van der Waals surface area contributed by atoms with Gasteiger partial charge in [-0.3, -0.25) is 9.59 Å². The molecule has 0 spiro atoms. The summed E-state index contributed by atoms with van der Waals surface area (Å²) in [4.78, 5) is 28.7. The fraction of sp³-hybridized carbons (Fsp3) is 0.261. The zero-order chi connectivity index (χ0) is 26.1. The maximum atomic E-state index is 12.5. The fourth-order valence-electron chi connectivity index (χ4n) is 2.89. The highest BCUT2D eigenvalue weighted by Crippen LogP contribution is 2.25. The summed E-state index contributed by atoms with van der Waals surface area (Å²) in [5, 5.41) is 7.43. The van der Waals surface area contributed by atoms with Crippen LogP contribution in [0.4, 0.5) is 13.2 Å². The molecular weight excluding hydrogens is 503 g/mol. The third-order valence-corrected chi connectivity index (χ3v) is 5.42. The number of nitrogens with zero attached hydrogens (tertiary/aromatic N) is 1. The summed E-state index contributed by atoms with van der Waals surface area (Å²) >= 11 is 1.20. The minimum absolute atomic E-state index is 0.0716. The zero-order valence-corrected chi connectivity index (χ0v) is 20.0. The highest BCUT2D eigenvalue weighted by atomic mass is 32.1. The Hall–Kier alpha value is -4.00. The van der Waals surface area contributed by atoms with E-state index < -0.39 is 23.9 Å². The first kappa shape index (κ1) is 26.6. The van der Waals surface area contributed by atoms with Crippen LogP contribution in [0.5, 0.6) is 23.0 Å². The summed E-state index contributed by atoms with van der Waals surface area (Å²) in [5.74, 6) is 0.159. The minimum Gasteiger partial charge on any atom is -0.497 e. The molecule has 0 bridgehead atoms. The average molecular weight is 526 g/mol. The normalized spacial score (nSPS) is 10.9. The number of ether oxygens (including phenoxy) is 4. The Kier molecular flexibility index (Phi) is 8.95. The van der Waals surface area contributed by atoms with Crippen LogP contribution in [0.1, 0.15) is 21.1 Å². The van der Waals surface area contributed by atoms with E-state index in [4.69, 9.17) is 14.2 Å². The number of methoxy groups -OCH3 is 2. The number of carbonyl (C=O) groups excluding carboxylic acids is 2. The van der Waals surface area contributed by atoms with E-state index in [2.05, 4.69) is 20.4 Å². The summed E-state index contributed by atoms with van der Waals surface area (Å²) in [6.07, 6.45) is -4.79. The standard InChI is InChI=1S/C23H22F3N3O6S/c1-32-17-7-8-19(33-2)14(9-17)10-28-22(31)18-13-36-21(29-18)11-27-20(30)12-34-15-3-5-16(6-4-15)35-23(24,25)26/h3-9,13H,10-12H2,1-2H3,(H,27,30)(H,28,31). The van der Waals surface area contributed by atoms with E-state index >= 15 is 0 Å². The van der Waals surface area contributed by atoms with Crippen molar-refractivity contribution < 1.29 is 41.7 Å². The van der Waals surface area contributed by atoms with Gasteiger partial charge in [0.05, 0.1) is 20.8 Å². The van der Waals surface area contributed by atoms with Crippen molar-refractivity contribution in [2.45, 2.75) is 19.5 Å². The number of carbonyl (C=O) groups is 2. The number of amides is 2. The Labute approximate surface area is 208 Å². The molecule has 192 valence electrons. The van der Waals surface area contributed by atoms with Crippen LogP contribution < -0.4 is 29.6 Å². The number of thiazole rings is 1. The lowest BCUT2D eigenvalue weighted by molar-refractivity contribution is -0.274. The predicted molar refractivity (Wildman–Crippen MR) is 123 cm³/mol. The SMILES string of the molecule is COc1ccc(OC)c(CNC(=O)c2csc(CNC(=O)COc3ccc(OC(F)(F)F)cc3)n2)c1. The van der Waals surface area contributed by atoms with Gasteiger partial charge in [-0.2, -0.15) is 0 Å². The van der Waals surface area contributed by atoms with Crippen LogP contribution >= 0.6 is 11.3 Å². The minimum atomic E-state index is -4.79. The topological polar surface area (TPSA) is 108 Å². The molecule has 3 rings (SSSR count). The number of alkyl halides is 3. The molecule has 0 aliphatic rings. The molecule has 1 aromatic heterocycles. The first-order valence-corrected chi connectivity index (χ1v) is 11.2. The Balaban J connectivity index is 1.44. The molecule has 0 aliphatic heterocycles. The number of hydrogen-bond donors (Lipinski definition) is 2. The highest BCUT2D eigenvalue weighted by molar-refractivity contribution is 7.09. The molecule has 2 amide bonds. The van der Waals surface area contributed by atoms with Crippen LogP contribution in [-0.2, 0) is 17.9 Å². The quantitative estimate of drug-likeness (QED) is 0.393. The lowest BCUT2D eigenvalue weighted by Gasteiger charge is -2.11. The number of rotatable bonds is 11. The first-order valence-electron chi connectivity index (χ1n) is 10.4. The van der Waals surface area contributed by atoms with Gasteiger partial charge in [-0.25, -0.2) is 4.98 Å². The predicted octanol–water partition coefficient (Wildman–Crippen LogP) is 3.68. The second kappa shape index (κ2) is 12.1. The van der Waals surface area contributed by atoms with Gasteiger partial charge in [0.1, 0.15) is 33.7 Å². The van der Waals surface area contributed by atoms with Gasteiger partial charge in [-0.05, 0) is 42.5 Å². The second-order valence-electron chi connectivity index (χ2n) is 7.07. The molecule has 0 radical (unpaired) electrons. The number of benzene rings is 2. The second-order valence-corrected chi connectivity index (χ2v) is 8.01. The maximum Gasteiger partial charge on any atom is 0.573 e. The lowest BCUT2D eigenvalue weighted by Crippen LogP contribution is -2.28. The molecule has 0 atom stereocenters. The van der Waals surface area contributed by atoms with Gasteiger partial charge in [0, 0.05) is 17.5 Å². The van der Waals surface area contributed by atoms with Crippen molar-refractivity contribution >= 4 is 23.2 Å². The first-order chi connectivity index (χ1) is 17.2. The largest absolute Gasteiger partial charge is 0.573 e. The van der Waals surface area contributed by atoms with E-state index in [1.807, 2.05) is 0 Å². The Morgan fingerprint density at radius 1 is 0.944 bits per heavy atom. The number of nitrogens with one attached hydrogen (secondary N) is 2. The van der Waals surface area contributed by atoms with Crippen LogP contribution in [0.3, 0.4) is 0 Å². The summed E-state index contributed by atoms with van der Waals surface area (Å²) in [5.41, 5.74) is 0.930. The lowest BCUT2D eigenvalue weighted by atomic mass is 10.2. The van der Waals surface area contributed by atoms with Gasteiger partial charge >= 0.3 is 6.36 Å². The molecule has 0 aliphatic carbocycles. The summed E-state index contributed by atoms with van der Waals surface area (Å²) in [6, 6.07) is 9.90. The molecule has 3 aromatic rings. The van der Waals surface area contributed by atoms with Gasteiger partial charge in [-0.1, -0.05) is 0 Å². The number of halogens is 3. The molecule has 36 heavy (non-hydrogen) atoms. The maximum absolute atomic E-state index is 12.5. The third kappa shape index (κ3) is 8.05. The number of aromatic nitrogens is 1. The highest BCUT2D eigenvalue weighted by Gasteiger charge is 2.31. The van der Waals surface area contributed by atoms with E-state index in [1.165, 1.54) is 30.6 Å². The molecular formula is C23H22F3N3O6S. The van der Waals surface area contributed by atoms with Crippen molar-refractivity contribution in [3.8, 4) is 23.0 Å². The Morgan fingerprint density at radius 2 is 1.64 bits per heavy atom. The van der Waals surface area contributed by atoms with Crippen molar-refractivity contribution in [1.29, 1.82) is 0 Å². The van der Waals surface area contributed by atoms with Crippen LogP contribution in [0.15, 0.2) is 47.8 Å². The average Bonchev–Trinajstić information content (AvgIpc) is 3.33. The van der Waals surface area contributed by atoms with Crippen LogP contribution in [0.2, 0.25) is 0 Å². The Bertz CT molecular complexity index is 1180. The molecule has 2 aromatic carbocycles. The smallest absolute Gasteiger partial charge is 0.497 e. The van der Waals surface area contributed by atoms with Crippen LogP contribution in [0, 0.1) is 0 Å². The monoisotopic (exact) mass is 525 g/mol. The van der Waals surface area contributed by atoms with Crippen molar-refractivity contribution in [3.63, 3.8) is 0 Å². The molecule has 13 heteroatoms. The number of hydrogen-bond acceptors (Lipinski definition) is 8. The van der Waals surface area contributed by atoms with Crippen molar-refractivity contribution in [1.82, 2.24) is 15.6 Å².